The smallest absolute Gasteiger partial charge is 0.223 e. The summed E-state index contributed by atoms with van der Waals surface area (Å²) in [6.45, 7) is 4.87. The Hall–Kier alpha value is -1.42. The van der Waals surface area contributed by atoms with E-state index in [9.17, 15) is 9.18 Å². The summed E-state index contributed by atoms with van der Waals surface area (Å²) in [5, 5.41) is 0. The molecule has 0 saturated carbocycles. The summed E-state index contributed by atoms with van der Waals surface area (Å²) in [7, 11) is 0. The maximum absolute atomic E-state index is 13.2. The third-order valence-corrected chi connectivity index (χ3v) is 4.23. The summed E-state index contributed by atoms with van der Waals surface area (Å²) in [6.07, 6.45) is 3.00. The van der Waals surface area contributed by atoms with Crippen LogP contribution in [0.1, 0.15) is 38.7 Å². The zero-order valence-corrected chi connectivity index (χ0v) is 12.9. The van der Waals surface area contributed by atoms with E-state index in [2.05, 4.69) is 6.92 Å². The summed E-state index contributed by atoms with van der Waals surface area (Å²) >= 11 is 0. The fraction of sp³-hybridized carbons (Fsp3) is 0.588. The SMILES string of the molecule is C[C@H](CC(=O)N1CC[C@H](N)C[C@@H]1C)Cc1cccc(F)c1. The van der Waals surface area contributed by atoms with Crippen LogP contribution in [0, 0.1) is 11.7 Å². The molecule has 1 aromatic rings. The molecule has 0 unspecified atom stereocenters. The van der Waals surface area contributed by atoms with Gasteiger partial charge in [-0.25, -0.2) is 4.39 Å². The molecule has 0 aromatic heterocycles. The topological polar surface area (TPSA) is 46.3 Å². The predicted molar refractivity (Wildman–Crippen MR) is 82.3 cm³/mol. The van der Waals surface area contributed by atoms with E-state index in [1.54, 1.807) is 12.1 Å². The summed E-state index contributed by atoms with van der Waals surface area (Å²) in [5.74, 6) is 0.185. The number of likely N-dealkylation sites (tertiary alicyclic amines) is 1. The van der Waals surface area contributed by atoms with Crippen LogP contribution in [0.2, 0.25) is 0 Å². The van der Waals surface area contributed by atoms with Crippen molar-refractivity contribution in [1.29, 1.82) is 0 Å². The predicted octanol–water partition coefficient (Wildman–Crippen LogP) is 2.73. The van der Waals surface area contributed by atoms with Gasteiger partial charge in [0.05, 0.1) is 0 Å². The molecule has 1 fully saturated rings. The molecule has 0 aliphatic carbocycles. The molecular weight excluding hydrogens is 267 g/mol. The van der Waals surface area contributed by atoms with E-state index in [1.807, 2.05) is 17.9 Å². The molecule has 1 saturated heterocycles. The lowest BCUT2D eigenvalue weighted by Crippen LogP contribution is -2.48. The van der Waals surface area contributed by atoms with Gasteiger partial charge in [-0.3, -0.25) is 4.79 Å². The van der Waals surface area contributed by atoms with E-state index in [-0.39, 0.29) is 29.7 Å². The van der Waals surface area contributed by atoms with Gasteiger partial charge in [-0.05, 0) is 49.8 Å². The highest BCUT2D eigenvalue weighted by molar-refractivity contribution is 5.76. The first kappa shape index (κ1) is 16.0. The first-order valence-electron chi connectivity index (χ1n) is 7.75. The molecular formula is C17H25FN2O. The van der Waals surface area contributed by atoms with Crippen LogP contribution in [-0.2, 0) is 11.2 Å². The average Bonchev–Trinajstić information content (AvgIpc) is 2.38. The van der Waals surface area contributed by atoms with Crippen molar-refractivity contribution in [1.82, 2.24) is 4.90 Å². The Morgan fingerprint density at radius 2 is 2.29 bits per heavy atom. The zero-order valence-electron chi connectivity index (χ0n) is 12.9. The number of carbonyl (C=O) groups excluding carboxylic acids is 1. The largest absolute Gasteiger partial charge is 0.340 e. The Morgan fingerprint density at radius 3 is 2.95 bits per heavy atom. The fourth-order valence-electron chi connectivity index (χ4n) is 3.13. The van der Waals surface area contributed by atoms with Crippen LogP contribution in [0.15, 0.2) is 24.3 Å². The minimum atomic E-state index is -0.218. The second-order valence-electron chi connectivity index (χ2n) is 6.36. The molecule has 1 aliphatic rings. The minimum absolute atomic E-state index is 0.193. The Bertz CT molecular complexity index is 491. The summed E-state index contributed by atoms with van der Waals surface area (Å²) in [5.41, 5.74) is 6.88. The highest BCUT2D eigenvalue weighted by Crippen LogP contribution is 2.20. The molecule has 116 valence electrons. The van der Waals surface area contributed by atoms with Crippen LogP contribution in [0.4, 0.5) is 4.39 Å². The van der Waals surface area contributed by atoms with Crippen LogP contribution < -0.4 is 5.73 Å². The third kappa shape index (κ3) is 4.53. The monoisotopic (exact) mass is 292 g/mol. The quantitative estimate of drug-likeness (QED) is 0.927. The number of carbonyl (C=O) groups is 1. The second kappa shape index (κ2) is 7.03. The van der Waals surface area contributed by atoms with Gasteiger partial charge in [-0.15, -0.1) is 0 Å². The van der Waals surface area contributed by atoms with E-state index in [0.717, 1.165) is 31.4 Å². The molecule has 1 amide bonds. The van der Waals surface area contributed by atoms with Crippen molar-refractivity contribution < 1.29 is 9.18 Å². The Kier molecular flexibility index (Phi) is 5.34. The van der Waals surface area contributed by atoms with Crippen LogP contribution in [0.25, 0.3) is 0 Å². The fourth-order valence-corrected chi connectivity index (χ4v) is 3.13. The summed E-state index contributed by atoms with van der Waals surface area (Å²) in [4.78, 5) is 14.3. The number of rotatable bonds is 4. The van der Waals surface area contributed by atoms with Gasteiger partial charge in [0.15, 0.2) is 0 Å². The molecule has 2 N–H and O–H groups in total. The van der Waals surface area contributed by atoms with Gasteiger partial charge < -0.3 is 10.6 Å². The number of benzene rings is 1. The molecule has 21 heavy (non-hydrogen) atoms. The lowest BCUT2D eigenvalue weighted by Gasteiger charge is -2.37. The van der Waals surface area contributed by atoms with Crippen LogP contribution in [-0.4, -0.2) is 29.4 Å². The lowest BCUT2D eigenvalue weighted by atomic mass is 9.95. The molecule has 0 spiro atoms. The van der Waals surface area contributed by atoms with Gasteiger partial charge in [-0.1, -0.05) is 19.1 Å². The van der Waals surface area contributed by atoms with Crippen molar-refractivity contribution in [3.8, 4) is 0 Å². The van der Waals surface area contributed by atoms with Gasteiger partial charge >= 0.3 is 0 Å². The molecule has 3 atom stereocenters. The van der Waals surface area contributed by atoms with E-state index >= 15 is 0 Å². The van der Waals surface area contributed by atoms with Crippen molar-refractivity contribution in [2.24, 2.45) is 11.7 Å². The van der Waals surface area contributed by atoms with Gasteiger partial charge in [0, 0.05) is 25.0 Å². The van der Waals surface area contributed by atoms with E-state index in [0.29, 0.717) is 6.42 Å². The third-order valence-electron chi connectivity index (χ3n) is 4.23. The van der Waals surface area contributed by atoms with Gasteiger partial charge in [-0.2, -0.15) is 0 Å². The van der Waals surface area contributed by atoms with Crippen LogP contribution in [0.3, 0.4) is 0 Å². The van der Waals surface area contributed by atoms with Crippen LogP contribution >= 0.6 is 0 Å². The van der Waals surface area contributed by atoms with E-state index < -0.39 is 0 Å². The highest BCUT2D eigenvalue weighted by atomic mass is 19.1. The molecule has 2 rings (SSSR count). The Balaban J connectivity index is 1.87. The summed E-state index contributed by atoms with van der Waals surface area (Å²) < 4.78 is 13.2. The zero-order chi connectivity index (χ0) is 15.4. The number of nitrogens with two attached hydrogens (primary N) is 1. The number of hydrogen-bond donors (Lipinski definition) is 1. The Labute approximate surface area is 126 Å². The maximum Gasteiger partial charge on any atom is 0.223 e. The number of nitrogens with zero attached hydrogens (tertiary/aromatic N) is 1. The maximum atomic E-state index is 13.2. The number of hydrogen-bond acceptors (Lipinski definition) is 2. The molecule has 4 heteroatoms. The molecule has 1 aliphatic heterocycles. The summed E-state index contributed by atoms with van der Waals surface area (Å²) in [6, 6.07) is 7.05. The van der Waals surface area contributed by atoms with Gasteiger partial charge in [0.25, 0.3) is 0 Å². The molecule has 0 radical (unpaired) electrons. The Morgan fingerprint density at radius 1 is 1.52 bits per heavy atom. The lowest BCUT2D eigenvalue weighted by molar-refractivity contribution is -0.135. The normalized spacial score (nSPS) is 23.9. The number of halogens is 1. The molecule has 1 aromatic carbocycles. The molecule has 0 bridgehead atoms. The first-order valence-corrected chi connectivity index (χ1v) is 7.75. The van der Waals surface area contributed by atoms with Crippen molar-refractivity contribution in [3.63, 3.8) is 0 Å². The van der Waals surface area contributed by atoms with E-state index in [4.69, 9.17) is 5.73 Å². The molecule has 3 nitrogen and oxygen atoms in total. The van der Waals surface area contributed by atoms with Crippen molar-refractivity contribution >= 4 is 5.91 Å². The number of amides is 1. The minimum Gasteiger partial charge on any atom is -0.340 e. The van der Waals surface area contributed by atoms with E-state index in [1.165, 1.54) is 6.07 Å². The van der Waals surface area contributed by atoms with Gasteiger partial charge in [0.2, 0.25) is 5.91 Å². The van der Waals surface area contributed by atoms with Crippen molar-refractivity contribution in [2.45, 2.75) is 51.6 Å². The van der Waals surface area contributed by atoms with Crippen LogP contribution in [0.5, 0.6) is 0 Å². The second-order valence-corrected chi connectivity index (χ2v) is 6.36. The first-order chi connectivity index (χ1) is 9.95. The van der Waals surface area contributed by atoms with Crippen molar-refractivity contribution in [3.05, 3.63) is 35.6 Å². The molecule has 1 heterocycles. The standard InChI is InChI=1S/C17H25FN2O/c1-12(8-14-4-3-5-15(18)11-14)9-17(21)20-7-6-16(19)10-13(20)2/h3-5,11-13,16H,6-10,19H2,1-2H3/t12-,13-,16-/m0/s1. The van der Waals surface area contributed by atoms with Crippen molar-refractivity contribution in [2.75, 3.05) is 6.54 Å². The van der Waals surface area contributed by atoms with Gasteiger partial charge in [0.1, 0.15) is 5.82 Å². The average molecular weight is 292 g/mol. The highest BCUT2D eigenvalue weighted by Gasteiger charge is 2.27. The number of piperidine rings is 1.